The second-order valence-corrected chi connectivity index (χ2v) is 7.17. The number of methoxy groups -OCH3 is 1. The Morgan fingerprint density at radius 3 is 2.48 bits per heavy atom. The second-order valence-electron chi connectivity index (χ2n) is 5.52. The summed E-state index contributed by atoms with van der Waals surface area (Å²) in [6.07, 6.45) is -0.195. The first-order chi connectivity index (χ1) is 10.5. The van der Waals surface area contributed by atoms with E-state index in [0.717, 1.165) is 25.3 Å². The van der Waals surface area contributed by atoms with Crippen LogP contribution in [0.1, 0.15) is 37.0 Å². The lowest BCUT2D eigenvalue weighted by Gasteiger charge is -2.25. The largest absolute Gasteiger partial charge is 0.481 e. The van der Waals surface area contributed by atoms with Gasteiger partial charge in [0.05, 0.1) is 17.6 Å². The third-order valence-corrected chi connectivity index (χ3v) is 4.77. The van der Waals surface area contributed by atoms with Crippen LogP contribution in [0, 0.1) is 5.82 Å². The molecule has 0 fully saturated rings. The van der Waals surface area contributed by atoms with Crippen LogP contribution in [0.5, 0.6) is 0 Å². The van der Waals surface area contributed by atoms with Gasteiger partial charge in [0.25, 0.3) is 0 Å². The number of esters is 1. The molecule has 0 aliphatic carbocycles. The number of sulfonamides is 1. The third-order valence-electron chi connectivity index (χ3n) is 3.01. The molecule has 0 saturated carbocycles. The standard InChI is InChI=1S/C14H18FNO6S/c1-14(2,7-6-12(17)18)16-23(20,21)11-5-4-9(15)8-10(11)13(19)22-3/h4-5,8,16H,6-7H2,1-3H3,(H,17,18). The van der Waals surface area contributed by atoms with E-state index in [0.29, 0.717) is 0 Å². The van der Waals surface area contributed by atoms with Gasteiger partial charge in [0.15, 0.2) is 0 Å². The minimum atomic E-state index is -4.18. The van der Waals surface area contributed by atoms with E-state index in [1.807, 2.05) is 0 Å². The highest BCUT2D eigenvalue weighted by Gasteiger charge is 2.30. The van der Waals surface area contributed by atoms with Crippen molar-refractivity contribution in [3.63, 3.8) is 0 Å². The maximum atomic E-state index is 13.3. The van der Waals surface area contributed by atoms with Gasteiger partial charge in [-0.25, -0.2) is 22.3 Å². The second kappa shape index (κ2) is 7.05. The van der Waals surface area contributed by atoms with E-state index in [2.05, 4.69) is 9.46 Å². The molecule has 0 amide bonds. The number of nitrogens with one attached hydrogen (secondary N) is 1. The van der Waals surface area contributed by atoms with Crippen LogP contribution < -0.4 is 4.72 Å². The summed E-state index contributed by atoms with van der Waals surface area (Å²) in [6, 6.07) is 2.63. The molecule has 9 heteroatoms. The van der Waals surface area contributed by atoms with Gasteiger partial charge in [-0.15, -0.1) is 0 Å². The molecule has 0 aliphatic heterocycles. The fraction of sp³-hybridized carbons (Fsp3) is 0.429. The maximum Gasteiger partial charge on any atom is 0.339 e. The molecule has 1 aromatic rings. The summed E-state index contributed by atoms with van der Waals surface area (Å²) in [5.41, 5.74) is -1.51. The normalized spacial score (nSPS) is 12.0. The van der Waals surface area contributed by atoms with Gasteiger partial charge < -0.3 is 9.84 Å². The summed E-state index contributed by atoms with van der Waals surface area (Å²) >= 11 is 0. The zero-order valence-corrected chi connectivity index (χ0v) is 13.7. The summed E-state index contributed by atoms with van der Waals surface area (Å²) < 4.78 is 45.0. The molecule has 0 bridgehead atoms. The molecule has 128 valence electrons. The molecule has 0 aliphatic rings. The van der Waals surface area contributed by atoms with Crippen molar-refractivity contribution in [2.45, 2.75) is 37.1 Å². The van der Waals surface area contributed by atoms with Crippen molar-refractivity contribution in [2.24, 2.45) is 0 Å². The Morgan fingerprint density at radius 1 is 1.35 bits per heavy atom. The van der Waals surface area contributed by atoms with E-state index >= 15 is 0 Å². The molecular weight excluding hydrogens is 329 g/mol. The third kappa shape index (κ3) is 5.29. The number of aliphatic carboxylic acids is 1. The van der Waals surface area contributed by atoms with Crippen molar-refractivity contribution in [2.75, 3.05) is 7.11 Å². The number of benzene rings is 1. The molecule has 0 heterocycles. The molecule has 0 unspecified atom stereocenters. The van der Waals surface area contributed by atoms with Crippen molar-refractivity contribution >= 4 is 22.0 Å². The Labute approximate surface area is 133 Å². The van der Waals surface area contributed by atoms with Gasteiger partial charge in [0.1, 0.15) is 5.82 Å². The molecule has 0 atom stereocenters. The van der Waals surface area contributed by atoms with Crippen molar-refractivity contribution in [3.05, 3.63) is 29.6 Å². The zero-order chi connectivity index (χ0) is 17.8. The van der Waals surface area contributed by atoms with Gasteiger partial charge in [0.2, 0.25) is 10.0 Å². The van der Waals surface area contributed by atoms with E-state index in [4.69, 9.17) is 5.11 Å². The smallest absolute Gasteiger partial charge is 0.339 e. The van der Waals surface area contributed by atoms with Crippen LogP contribution in [-0.2, 0) is 19.6 Å². The topological polar surface area (TPSA) is 110 Å². The van der Waals surface area contributed by atoms with Crippen molar-refractivity contribution in [1.29, 1.82) is 0 Å². The van der Waals surface area contributed by atoms with Crippen LogP contribution in [-0.4, -0.2) is 38.1 Å². The number of carboxylic acids is 1. The molecule has 0 aromatic heterocycles. The SMILES string of the molecule is COC(=O)c1cc(F)ccc1S(=O)(=O)NC(C)(C)CCC(=O)O. The number of carboxylic acid groups (broad SMARTS) is 1. The number of hydrogen-bond acceptors (Lipinski definition) is 5. The summed E-state index contributed by atoms with van der Waals surface area (Å²) in [6.45, 7) is 3.02. The average Bonchev–Trinajstić information content (AvgIpc) is 2.43. The van der Waals surface area contributed by atoms with E-state index < -0.39 is 43.8 Å². The Kier molecular flexibility index (Phi) is 5.84. The highest BCUT2D eigenvalue weighted by molar-refractivity contribution is 7.89. The van der Waals surface area contributed by atoms with E-state index in [1.165, 1.54) is 13.8 Å². The number of carbonyl (C=O) groups excluding carboxylic acids is 1. The number of halogens is 1. The van der Waals surface area contributed by atoms with E-state index in [-0.39, 0.29) is 12.8 Å². The van der Waals surface area contributed by atoms with Crippen molar-refractivity contribution in [3.8, 4) is 0 Å². The fourth-order valence-electron chi connectivity index (χ4n) is 1.90. The molecule has 1 aromatic carbocycles. The molecule has 1 rings (SSSR count). The zero-order valence-electron chi connectivity index (χ0n) is 12.9. The Morgan fingerprint density at radius 2 is 1.96 bits per heavy atom. The highest BCUT2D eigenvalue weighted by atomic mass is 32.2. The van der Waals surface area contributed by atoms with Crippen LogP contribution in [0.25, 0.3) is 0 Å². The fourth-order valence-corrected chi connectivity index (χ4v) is 3.51. The number of rotatable bonds is 7. The van der Waals surface area contributed by atoms with Crippen LogP contribution in [0.3, 0.4) is 0 Å². The summed E-state index contributed by atoms with van der Waals surface area (Å²) in [5, 5.41) is 8.69. The van der Waals surface area contributed by atoms with Crippen LogP contribution in [0.4, 0.5) is 4.39 Å². The first-order valence-corrected chi connectivity index (χ1v) is 8.10. The molecule has 0 saturated heterocycles. The Balaban J connectivity index is 3.18. The van der Waals surface area contributed by atoms with Gasteiger partial charge >= 0.3 is 11.9 Å². The molecule has 0 radical (unpaired) electrons. The molecule has 2 N–H and O–H groups in total. The lowest BCUT2D eigenvalue weighted by Crippen LogP contribution is -2.44. The van der Waals surface area contributed by atoms with Crippen LogP contribution in [0.15, 0.2) is 23.1 Å². The monoisotopic (exact) mass is 347 g/mol. The summed E-state index contributed by atoms with van der Waals surface area (Å²) in [4.78, 5) is 21.8. The minimum Gasteiger partial charge on any atom is -0.481 e. The molecule has 23 heavy (non-hydrogen) atoms. The molecular formula is C14H18FNO6S. The Hall–Kier alpha value is -2.00. The van der Waals surface area contributed by atoms with Gasteiger partial charge in [0, 0.05) is 12.0 Å². The number of carbonyl (C=O) groups is 2. The van der Waals surface area contributed by atoms with Gasteiger partial charge in [-0.1, -0.05) is 0 Å². The molecule has 0 spiro atoms. The first-order valence-electron chi connectivity index (χ1n) is 6.62. The van der Waals surface area contributed by atoms with Gasteiger partial charge in [-0.05, 0) is 38.5 Å². The number of hydrogen-bond donors (Lipinski definition) is 2. The Bertz CT molecular complexity index is 714. The highest BCUT2D eigenvalue weighted by Crippen LogP contribution is 2.22. The van der Waals surface area contributed by atoms with Crippen molar-refractivity contribution in [1.82, 2.24) is 4.72 Å². The lowest BCUT2D eigenvalue weighted by molar-refractivity contribution is -0.137. The van der Waals surface area contributed by atoms with Gasteiger partial charge in [-0.2, -0.15) is 0 Å². The van der Waals surface area contributed by atoms with Gasteiger partial charge in [-0.3, -0.25) is 4.79 Å². The van der Waals surface area contributed by atoms with Crippen molar-refractivity contribution < 1.29 is 32.2 Å². The predicted octanol–water partition coefficient (Wildman–Crippen LogP) is 1.53. The summed E-state index contributed by atoms with van der Waals surface area (Å²) in [7, 11) is -3.13. The van der Waals surface area contributed by atoms with Crippen LogP contribution >= 0.6 is 0 Å². The quantitative estimate of drug-likeness (QED) is 0.724. The van der Waals surface area contributed by atoms with Crippen LogP contribution in [0.2, 0.25) is 0 Å². The number of ether oxygens (including phenoxy) is 1. The van der Waals surface area contributed by atoms with E-state index in [9.17, 15) is 22.4 Å². The minimum absolute atomic E-state index is 0.0380. The first kappa shape index (κ1) is 19.0. The average molecular weight is 347 g/mol. The predicted molar refractivity (Wildman–Crippen MR) is 79.0 cm³/mol. The molecule has 7 nitrogen and oxygen atoms in total. The van der Waals surface area contributed by atoms with E-state index in [1.54, 1.807) is 0 Å². The lowest BCUT2D eigenvalue weighted by atomic mass is 10.0. The maximum absolute atomic E-state index is 13.3. The summed E-state index contributed by atoms with van der Waals surface area (Å²) in [5.74, 6) is -2.84.